The number of carbonyl (C=O) groups is 1. The van der Waals surface area contributed by atoms with Crippen LogP contribution in [-0.4, -0.2) is 28.0 Å². The lowest BCUT2D eigenvalue weighted by atomic mass is 10.3. The summed E-state index contributed by atoms with van der Waals surface area (Å²) in [6.45, 7) is 3.86. The summed E-state index contributed by atoms with van der Waals surface area (Å²) in [6.07, 6.45) is 1.70. The lowest BCUT2D eigenvalue weighted by molar-refractivity contribution is 0.0602. The number of rotatable bonds is 3. The fourth-order valence-corrected chi connectivity index (χ4v) is 2.93. The number of methoxy groups -OCH3 is 1. The second-order valence-corrected chi connectivity index (χ2v) is 6.10. The number of aromatic nitrogens is 2. The van der Waals surface area contributed by atoms with E-state index in [9.17, 15) is 4.79 Å². The molecule has 2 rings (SSSR count). The first-order chi connectivity index (χ1) is 9.92. The largest absolute Gasteiger partial charge is 0.465 e. The molecule has 0 saturated heterocycles. The van der Waals surface area contributed by atoms with Gasteiger partial charge in [0.15, 0.2) is 5.11 Å². The molecule has 21 heavy (non-hydrogen) atoms. The molecule has 0 bridgehead atoms. The van der Waals surface area contributed by atoms with Crippen molar-refractivity contribution < 1.29 is 9.53 Å². The molecule has 0 unspecified atom stereocenters. The molecule has 2 heterocycles. The van der Waals surface area contributed by atoms with E-state index in [1.54, 1.807) is 16.9 Å². The molecule has 2 aromatic rings. The lowest BCUT2D eigenvalue weighted by Crippen LogP contribution is -2.20. The van der Waals surface area contributed by atoms with Crippen molar-refractivity contribution in [3.63, 3.8) is 0 Å². The first-order valence-corrected chi connectivity index (χ1v) is 7.40. The van der Waals surface area contributed by atoms with Crippen LogP contribution in [0.4, 0.5) is 10.7 Å². The number of esters is 1. The van der Waals surface area contributed by atoms with Gasteiger partial charge in [0.2, 0.25) is 0 Å². The Morgan fingerprint density at radius 1 is 1.43 bits per heavy atom. The summed E-state index contributed by atoms with van der Waals surface area (Å²) >= 11 is 6.72. The quantitative estimate of drug-likeness (QED) is 0.668. The maximum atomic E-state index is 11.7. The number of carbonyl (C=O) groups excluding carboxylic acids is 1. The lowest BCUT2D eigenvalue weighted by Gasteiger charge is -2.09. The van der Waals surface area contributed by atoms with Gasteiger partial charge in [-0.1, -0.05) is 0 Å². The average molecular weight is 324 g/mol. The number of hydrogen-bond donors (Lipinski definition) is 2. The van der Waals surface area contributed by atoms with Crippen molar-refractivity contribution in [2.75, 3.05) is 17.7 Å². The first-order valence-electron chi connectivity index (χ1n) is 6.17. The van der Waals surface area contributed by atoms with Crippen LogP contribution in [0.15, 0.2) is 12.3 Å². The summed E-state index contributed by atoms with van der Waals surface area (Å²) in [7, 11) is 3.21. The standard InChI is InChI=1S/C13H16N4O2S2/c1-7-5-9(12(18)19-4)11(21-7)16-13(20)15-10-6-14-17(3)8(10)2/h5-6H,1-4H3,(H2,15,16,20). The molecule has 8 heteroatoms. The Kier molecular flexibility index (Phi) is 4.59. The van der Waals surface area contributed by atoms with Crippen LogP contribution in [0.25, 0.3) is 0 Å². The van der Waals surface area contributed by atoms with Crippen LogP contribution in [0.2, 0.25) is 0 Å². The summed E-state index contributed by atoms with van der Waals surface area (Å²) in [4.78, 5) is 12.7. The van der Waals surface area contributed by atoms with Crippen molar-refractivity contribution in [3.05, 3.63) is 28.4 Å². The van der Waals surface area contributed by atoms with Crippen LogP contribution in [0, 0.1) is 13.8 Å². The monoisotopic (exact) mass is 324 g/mol. The molecule has 2 N–H and O–H groups in total. The van der Waals surface area contributed by atoms with E-state index in [2.05, 4.69) is 15.7 Å². The molecular weight excluding hydrogens is 308 g/mol. The third-order valence-corrected chi connectivity index (χ3v) is 4.14. The highest BCUT2D eigenvalue weighted by molar-refractivity contribution is 7.80. The second kappa shape index (κ2) is 6.23. The summed E-state index contributed by atoms with van der Waals surface area (Å²) in [5.74, 6) is -0.387. The number of nitrogens with zero attached hydrogens (tertiary/aromatic N) is 2. The molecule has 0 saturated carbocycles. The third-order valence-electron chi connectivity index (χ3n) is 2.97. The van der Waals surface area contributed by atoms with Crippen molar-refractivity contribution in [1.29, 1.82) is 0 Å². The Morgan fingerprint density at radius 3 is 2.71 bits per heavy atom. The maximum absolute atomic E-state index is 11.7. The van der Waals surface area contributed by atoms with Crippen LogP contribution >= 0.6 is 23.6 Å². The molecule has 6 nitrogen and oxygen atoms in total. The van der Waals surface area contributed by atoms with Crippen LogP contribution in [-0.2, 0) is 11.8 Å². The number of nitrogens with one attached hydrogen (secondary N) is 2. The second-order valence-electron chi connectivity index (χ2n) is 4.44. The van der Waals surface area contributed by atoms with E-state index in [4.69, 9.17) is 17.0 Å². The van der Waals surface area contributed by atoms with Gasteiger partial charge in [0.25, 0.3) is 0 Å². The SMILES string of the molecule is COC(=O)c1cc(C)sc1NC(=S)Nc1cnn(C)c1C. The van der Waals surface area contributed by atoms with E-state index in [0.717, 1.165) is 16.3 Å². The Morgan fingerprint density at radius 2 is 2.14 bits per heavy atom. The van der Waals surface area contributed by atoms with Crippen LogP contribution in [0.1, 0.15) is 20.9 Å². The minimum Gasteiger partial charge on any atom is -0.465 e. The Hall–Kier alpha value is -1.93. The fourth-order valence-electron chi connectivity index (χ4n) is 1.75. The van der Waals surface area contributed by atoms with Gasteiger partial charge in [-0.2, -0.15) is 5.10 Å². The molecule has 0 amide bonds. The van der Waals surface area contributed by atoms with Crippen LogP contribution < -0.4 is 10.6 Å². The zero-order valence-electron chi connectivity index (χ0n) is 12.2. The van der Waals surface area contributed by atoms with Crippen molar-refractivity contribution in [3.8, 4) is 0 Å². The van der Waals surface area contributed by atoms with Gasteiger partial charge in [0.1, 0.15) is 5.00 Å². The van der Waals surface area contributed by atoms with Gasteiger partial charge in [-0.15, -0.1) is 11.3 Å². The summed E-state index contributed by atoms with van der Waals surface area (Å²) in [6, 6.07) is 1.77. The van der Waals surface area contributed by atoms with Crippen molar-refractivity contribution in [1.82, 2.24) is 9.78 Å². The van der Waals surface area contributed by atoms with Crippen LogP contribution in [0.5, 0.6) is 0 Å². The summed E-state index contributed by atoms with van der Waals surface area (Å²) < 4.78 is 6.51. The molecule has 2 aromatic heterocycles. The number of hydrogen-bond acceptors (Lipinski definition) is 5. The van der Waals surface area contributed by atoms with Crippen LogP contribution in [0.3, 0.4) is 0 Å². The summed E-state index contributed by atoms with van der Waals surface area (Å²) in [5.41, 5.74) is 2.27. The highest BCUT2D eigenvalue weighted by Gasteiger charge is 2.16. The van der Waals surface area contributed by atoms with Gasteiger partial charge in [0.05, 0.1) is 30.3 Å². The predicted molar refractivity (Wildman–Crippen MR) is 88.2 cm³/mol. The Bertz CT molecular complexity index is 690. The number of aryl methyl sites for hydroxylation is 2. The average Bonchev–Trinajstić information content (AvgIpc) is 2.95. The van der Waals surface area contributed by atoms with Crippen molar-refractivity contribution in [2.24, 2.45) is 7.05 Å². The zero-order chi connectivity index (χ0) is 15.6. The summed E-state index contributed by atoms with van der Waals surface area (Å²) in [5, 5.41) is 11.3. The van der Waals surface area contributed by atoms with E-state index in [1.165, 1.54) is 18.4 Å². The van der Waals surface area contributed by atoms with Gasteiger partial charge in [0, 0.05) is 11.9 Å². The number of ether oxygens (including phenoxy) is 1. The molecular formula is C13H16N4O2S2. The van der Waals surface area contributed by atoms with E-state index < -0.39 is 0 Å². The smallest absolute Gasteiger partial charge is 0.340 e. The van der Waals surface area contributed by atoms with E-state index in [1.807, 2.05) is 20.9 Å². The predicted octanol–water partition coefficient (Wildman–Crippen LogP) is 2.69. The molecule has 0 aromatic carbocycles. The normalized spacial score (nSPS) is 10.3. The molecule has 0 atom stereocenters. The third kappa shape index (κ3) is 3.40. The number of thiocarbonyl (C=S) groups is 1. The minimum absolute atomic E-state index is 0.387. The molecule has 112 valence electrons. The molecule has 0 radical (unpaired) electrons. The topological polar surface area (TPSA) is 68.2 Å². The first kappa shape index (κ1) is 15.5. The van der Waals surface area contributed by atoms with E-state index in [-0.39, 0.29) is 5.97 Å². The zero-order valence-corrected chi connectivity index (χ0v) is 13.8. The Balaban J connectivity index is 2.13. The van der Waals surface area contributed by atoms with Gasteiger partial charge < -0.3 is 15.4 Å². The number of anilines is 2. The molecule has 0 fully saturated rings. The highest BCUT2D eigenvalue weighted by atomic mass is 32.1. The Labute approximate surface area is 132 Å². The van der Waals surface area contributed by atoms with Gasteiger partial charge in [-0.3, -0.25) is 4.68 Å². The fraction of sp³-hybridized carbons (Fsp3) is 0.308. The van der Waals surface area contributed by atoms with Gasteiger partial charge >= 0.3 is 5.97 Å². The van der Waals surface area contributed by atoms with Gasteiger partial charge in [-0.25, -0.2) is 4.79 Å². The molecule has 0 spiro atoms. The minimum atomic E-state index is -0.387. The van der Waals surface area contributed by atoms with E-state index in [0.29, 0.717) is 15.7 Å². The van der Waals surface area contributed by atoms with E-state index >= 15 is 0 Å². The molecule has 0 aliphatic rings. The number of thiophene rings is 1. The van der Waals surface area contributed by atoms with Crippen molar-refractivity contribution >= 4 is 45.3 Å². The van der Waals surface area contributed by atoms with Crippen molar-refractivity contribution in [2.45, 2.75) is 13.8 Å². The highest BCUT2D eigenvalue weighted by Crippen LogP contribution is 2.28. The van der Waals surface area contributed by atoms with Gasteiger partial charge in [-0.05, 0) is 32.1 Å². The molecule has 0 aliphatic heterocycles. The molecule has 0 aliphatic carbocycles. The maximum Gasteiger partial charge on any atom is 0.340 e.